The van der Waals surface area contributed by atoms with Gasteiger partial charge in [0.1, 0.15) is 0 Å². The Morgan fingerprint density at radius 1 is 1.00 bits per heavy atom. The van der Waals surface area contributed by atoms with Gasteiger partial charge in [0.15, 0.2) is 23.3 Å². The molecule has 4 heteroatoms. The van der Waals surface area contributed by atoms with Gasteiger partial charge in [-0.3, -0.25) is 0 Å². The van der Waals surface area contributed by atoms with Crippen molar-refractivity contribution in [3.05, 3.63) is 41.3 Å². The molecule has 1 aromatic carbocycles. The molecule has 1 radical (unpaired) electrons. The number of hydrogen-bond donors (Lipinski definition) is 0. The minimum Gasteiger partial charge on any atom is -0.203 e. The molecule has 1 rings (SSSR count). The second-order valence-electron chi connectivity index (χ2n) is 2.59. The predicted molar refractivity (Wildman–Crippen MR) is 43.3 cm³/mol. The molecule has 0 nitrogen and oxygen atoms in total. The van der Waals surface area contributed by atoms with E-state index in [4.69, 9.17) is 6.42 Å². The van der Waals surface area contributed by atoms with E-state index < -0.39 is 40.8 Å². The molecule has 14 heavy (non-hydrogen) atoms. The molecule has 0 spiro atoms. The van der Waals surface area contributed by atoms with Crippen molar-refractivity contribution in [1.29, 1.82) is 0 Å². The third kappa shape index (κ3) is 1.46. The minimum absolute atomic E-state index is 0.508. The standard InChI is InChI=1S/C10H5F4/c1-3-4-6-9(13)7(11)5(2)8(12)10(6)14/h1H,2,4H2. The first-order chi connectivity index (χ1) is 6.50. The van der Waals surface area contributed by atoms with Gasteiger partial charge in [0.25, 0.3) is 0 Å². The van der Waals surface area contributed by atoms with Crippen molar-refractivity contribution in [3.63, 3.8) is 0 Å². The molecule has 73 valence electrons. The van der Waals surface area contributed by atoms with Crippen LogP contribution in [-0.4, -0.2) is 0 Å². The van der Waals surface area contributed by atoms with Crippen molar-refractivity contribution in [2.75, 3.05) is 0 Å². The molecular weight excluding hydrogens is 196 g/mol. The van der Waals surface area contributed by atoms with Crippen LogP contribution in [0.2, 0.25) is 0 Å². The van der Waals surface area contributed by atoms with Crippen molar-refractivity contribution in [2.24, 2.45) is 0 Å². The molecular formula is C10H5F4. The van der Waals surface area contributed by atoms with Crippen molar-refractivity contribution >= 4 is 0 Å². The minimum atomic E-state index is -1.51. The van der Waals surface area contributed by atoms with E-state index in [0.29, 0.717) is 0 Å². The third-order valence-corrected chi connectivity index (χ3v) is 1.72. The monoisotopic (exact) mass is 201 g/mol. The average Bonchev–Trinajstić information content (AvgIpc) is 2.19. The van der Waals surface area contributed by atoms with Crippen LogP contribution < -0.4 is 0 Å². The van der Waals surface area contributed by atoms with E-state index in [9.17, 15) is 17.6 Å². The third-order valence-electron chi connectivity index (χ3n) is 1.72. The zero-order valence-electron chi connectivity index (χ0n) is 7.00. The summed E-state index contributed by atoms with van der Waals surface area (Å²) in [7, 11) is 0. The van der Waals surface area contributed by atoms with E-state index >= 15 is 0 Å². The first kappa shape index (κ1) is 10.6. The summed E-state index contributed by atoms with van der Waals surface area (Å²) >= 11 is 0. The van der Waals surface area contributed by atoms with E-state index in [1.165, 1.54) is 0 Å². The van der Waals surface area contributed by atoms with Crippen LogP contribution in [0.5, 0.6) is 0 Å². The van der Waals surface area contributed by atoms with Crippen molar-refractivity contribution in [2.45, 2.75) is 6.42 Å². The molecule has 0 saturated carbocycles. The second-order valence-corrected chi connectivity index (χ2v) is 2.59. The van der Waals surface area contributed by atoms with Gasteiger partial charge in [-0.2, -0.15) is 0 Å². The molecule has 0 amide bonds. The summed E-state index contributed by atoms with van der Waals surface area (Å²) in [4.78, 5) is 0. The van der Waals surface area contributed by atoms with Gasteiger partial charge in [-0.1, -0.05) is 0 Å². The molecule has 0 bridgehead atoms. The lowest BCUT2D eigenvalue weighted by Crippen LogP contribution is -2.05. The second kappa shape index (κ2) is 3.70. The molecule has 0 fully saturated rings. The normalized spacial score (nSPS) is 10.0. The van der Waals surface area contributed by atoms with E-state index in [2.05, 4.69) is 6.92 Å². The van der Waals surface area contributed by atoms with Crippen LogP contribution in [-0.2, 0) is 6.42 Å². The smallest absolute Gasteiger partial charge is 0.166 e. The highest BCUT2D eigenvalue weighted by molar-refractivity contribution is 5.33. The van der Waals surface area contributed by atoms with Gasteiger partial charge in [0.05, 0.1) is 0 Å². The Morgan fingerprint density at radius 2 is 1.43 bits per heavy atom. The number of halogens is 4. The molecule has 0 atom stereocenters. The summed E-state index contributed by atoms with van der Waals surface area (Å²) in [6, 6.07) is 0. The van der Waals surface area contributed by atoms with Crippen LogP contribution in [0.1, 0.15) is 11.1 Å². The maximum absolute atomic E-state index is 13.0. The molecule has 0 unspecified atom stereocenters. The number of rotatable bonds is 1. The van der Waals surface area contributed by atoms with Gasteiger partial charge in [-0.15, -0.1) is 12.3 Å². The summed E-state index contributed by atoms with van der Waals surface area (Å²) in [6.45, 7) is 2.86. The Morgan fingerprint density at radius 3 is 1.79 bits per heavy atom. The maximum Gasteiger partial charge on any atom is 0.166 e. The fraction of sp³-hybridized carbons (Fsp3) is 0.100. The SMILES string of the molecule is C#CCc1c(F)c(F)c([CH2])c(F)c1F. The van der Waals surface area contributed by atoms with E-state index in [0.717, 1.165) is 0 Å². The first-order valence-corrected chi connectivity index (χ1v) is 3.61. The molecule has 0 saturated heterocycles. The molecule has 0 heterocycles. The van der Waals surface area contributed by atoms with Crippen molar-refractivity contribution < 1.29 is 17.6 Å². The Bertz CT molecular complexity index is 386. The lowest BCUT2D eigenvalue weighted by atomic mass is 10.1. The lowest BCUT2D eigenvalue weighted by molar-refractivity contribution is 0.438. The summed E-state index contributed by atoms with van der Waals surface area (Å²) in [5.74, 6) is -4.06. The quantitative estimate of drug-likeness (QED) is 0.372. The Kier molecular flexibility index (Phi) is 2.80. The molecule has 0 aliphatic rings. The van der Waals surface area contributed by atoms with Gasteiger partial charge in [-0.05, 0) is 6.92 Å². The predicted octanol–water partition coefficient (Wildman–Crippen LogP) is 2.60. The summed E-state index contributed by atoms with van der Waals surface area (Å²) in [6.07, 6.45) is 4.28. The van der Waals surface area contributed by atoms with Gasteiger partial charge >= 0.3 is 0 Å². The zero-order chi connectivity index (χ0) is 10.9. The molecule has 0 aliphatic carbocycles. The summed E-state index contributed by atoms with van der Waals surface area (Å²) in [5.41, 5.74) is -1.71. The van der Waals surface area contributed by atoms with Crippen LogP contribution in [0.25, 0.3) is 0 Å². The Balaban J connectivity index is 3.53. The van der Waals surface area contributed by atoms with Crippen LogP contribution >= 0.6 is 0 Å². The van der Waals surface area contributed by atoms with Gasteiger partial charge in [0.2, 0.25) is 0 Å². The van der Waals surface area contributed by atoms with Crippen LogP contribution in [0.3, 0.4) is 0 Å². The van der Waals surface area contributed by atoms with Crippen molar-refractivity contribution in [1.82, 2.24) is 0 Å². The largest absolute Gasteiger partial charge is 0.203 e. The maximum atomic E-state index is 13.0. The van der Waals surface area contributed by atoms with E-state index in [1.807, 2.05) is 5.92 Å². The van der Waals surface area contributed by atoms with Crippen LogP contribution in [0, 0.1) is 42.5 Å². The number of terminal acetylenes is 1. The lowest BCUT2D eigenvalue weighted by Gasteiger charge is -2.06. The molecule has 0 aromatic heterocycles. The highest BCUT2D eigenvalue weighted by Crippen LogP contribution is 2.23. The van der Waals surface area contributed by atoms with Gasteiger partial charge < -0.3 is 0 Å². The average molecular weight is 201 g/mol. The van der Waals surface area contributed by atoms with Crippen LogP contribution in [0.4, 0.5) is 17.6 Å². The van der Waals surface area contributed by atoms with Crippen LogP contribution in [0.15, 0.2) is 0 Å². The Labute approximate surface area is 78.6 Å². The van der Waals surface area contributed by atoms with E-state index in [-0.39, 0.29) is 0 Å². The molecule has 1 aromatic rings. The van der Waals surface area contributed by atoms with Crippen molar-refractivity contribution in [3.8, 4) is 12.3 Å². The molecule has 0 aliphatic heterocycles. The summed E-state index contributed by atoms with van der Waals surface area (Å²) in [5, 5.41) is 0. The first-order valence-electron chi connectivity index (χ1n) is 3.61. The highest BCUT2D eigenvalue weighted by atomic mass is 19.2. The van der Waals surface area contributed by atoms with Gasteiger partial charge in [0, 0.05) is 17.5 Å². The van der Waals surface area contributed by atoms with E-state index in [1.54, 1.807) is 0 Å². The Hall–Kier alpha value is -1.50. The zero-order valence-corrected chi connectivity index (χ0v) is 7.00. The topological polar surface area (TPSA) is 0 Å². The highest BCUT2D eigenvalue weighted by Gasteiger charge is 2.21. The number of benzene rings is 1. The molecule has 0 N–H and O–H groups in total. The van der Waals surface area contributed by atoms with Gasteiger partial charge in [-0.25, -0.2) is 17.6 Å². The number of hydrogen-bond acceptors (Lipinski definition) is 0. The summed E-state index contributed by atoms with van der Waals surface area (Å²) < 4.78 is 51.6. The fourth-order valence-corrected chi connectivity index (χ4v) is 0.980. The fourth-order valence-electron chi connectivity index (χ4n) is 0.980.